The van der Waals surface area contributed by atoms with Gasteiger partial charge in [-0.15, -0.1) is 0 Å². The van der Waals surface area contributed by atoms with Gasteiger partial charge in [-0.05, 0) is 22.0 Å². The molecule has 0 atom stereocenters. The normalized spacial score (nSPS) is 10.6. The molecule has 1 amide bonds. The number of halogens is 1. The average Bonchev–Trinajstić information content (AvgIpc) is 2.51. The number of rotatable bonds is 1. The number of nitrogens with zero attached hydrogens (tertiary/aromatic N) is 2. The summed E-state index contributed by atoms with van der Waals surface area (Å²) in [5.41, 5.74) is 12.1. The molecule has 2 aromatic heterocycles. The molecule has 0 radical (unpaired) electrons. The highest BCUT2D eigenvalue weighted by molar-refractivity contribution is 9.10. The fourth-order valence-electron chi connectivity index (χ4n) is 1.33. The Kier molecular flexibility index (Phi) is 1.92. The van der Waals surface area contributed by atoms with Crippen LogP contribution in [-0.2, 0) is 0 Å². The molecule has 0 spiro atoms. The van der Waals surface area contributed by atoms with E-state index in [2.05, 4.69) is 20.9 Å². The monoisotopic (exact) mass is 254 g/mol. The lowest BCUT2D eigenvalue weighted by Crippen LogP contribution is -2.18. The molecule has 0 aliphatic heterocycles. The third-order valence-corrected chi connectivity index (χ3v) is 2.47. The van der Waals surface area contributed by atoms with Gasteiger partial charge >= 0.3 is 0 Å². The van der Waals surface area contributed by atoms with E-state index in [1.807, 2.05) is 0 Å². The molecule has 2 heterocycles. The molecule has 0 aromatic carbocycles. The summed E-state index contributed by atoms with van der Waals surface area (Å²) in [6.45, 7) is 0. The van der Waals surface area contributed by atoms with Crippen LogP contribution in [-0.4, -0.2) is 15.3 Å². The van der Waals surface area contributed by atoms with E-state index in [4.69, 9.17) is 11.5 Å². The van der Waals surface area contributed by atoms with Crippen LogP contribution in [0.1, 0.15) is 10.5 Å². The number of imidazole rings is 1. The lowest BCUT2D eigenvalue weighted by atomic mass is 10.3. The number of nitrogens with two attached hydrogens (primary N) is 2. The molecular weight excluding hydrogens is 248 g/mol. The summed E-state index contributed by atoms with van der Waals surface area (Å²) in [5, 5.41) is 0. The SMILES string of the molecule is NC(=O)c1c(N)cc(Br)c2nccn12. The van der Waals surface area contributed by atoms with Crippen molar-refractivity contribution in [2.24, 2.45) is 5.73 Å². The van der Waals surface area contributed by atoms with Crippen LogP contribution < -0.4 is 11.5 Å². The predicted octanol–water partition coefficient (Wildman–Crippen LogP) is 0.778. The summed E-state index contributed by atoms with van der Waals surface area (Å²) >= 11 is 3.29. The maximum Gasteiger partial charge on any atom is 0.267 e. The van der Waals surface area contributed by atoms with Crippen LogP contribution in [0.4, 0.5) is 5.69 Å². The third kappa shape index (κ3) is 1.15. The molecule has 5 nitrogen and oxygen atoms in total. The zero-order chi connectivity index (χ0) is 10.3. The number of nitrogen functional groups attached to an aromatic ring is 1. The van der Waals surface area contributed by atoms with E-state index < -0.39 is 5.91 Å². The van der Waals surface area contributed by atoms with E-state index in [1.54, 1.807) is 22.9 Å². The second-order valence-corrected chi connectivity index (χ2v) is 3.64. The molecule has 72 valence electrons. The second kappa shape index (κ2) is 2.98. The molecule has 0 unspecified atom stereocenters. The Bertz CT molecular complexity index is 519. The van der Waals surface area contributed by atoms with E-state index in [0.29, 0.717) is 11.3 Å². The zero-order valence-corrected chi connectivity index (χ0v) is 8.65. The van der Waals surface area contributed by atoms with Gasteiger partial charge in [-0.3, -0.25) is 9.20 Å². The minimum atomic E-state index is -0.571. The van der Waals surface area contributed by atoms with Gasteiger partial charge in [-0.1, -0.05) is 0 Å². The molecule has 0 aliphatic carbocycles. The molecule has 0 saturated carbocycles. The largest absolute Gasteiger partial charge is 0.397 e. The third-order valence-electron chi connectivity index (χ3n) is 1.88. The Labute approximate surface area is 87.8 Å². The number of hydrogen-bond acceptors (Lipinski definition) is 3. The van der Waals surface area contributed by atoms with Crippen molar-refractivity contribution in [2.45, 2.75) is 0 Å². The molecule has 0 bridgehead atoms. The smallest absolute Gasteiger partial charge is 0.267 e. The molecule has 0 saturated heterocycles. The van der Waals surface area contributed by atoms with Gasteiger partial charge in [-0.25, -0.2) is 4.98 Å². The summed E-state index contributed by atoms with van der Waals surface area (Å²) in [5.74, 6) is -0.571. The quantitative estimate of drug-likeness (QED) is 0.789. The van der Waals surface area contributed by atoms with Gasteiger partial charge in [-0.2, -0.15) is 0 Å². The Morgan fingerprint density at radius 2 is 2.29 bits per heavy atom. The van der Waals surface area contributed by atoms with Gasteiger partial charge in [0.2, 0.25) is 0 Å². The molecule has 2 aromatic rings. The number of pyridine rings is 1. The number of hydrogen-bond donors (Lipinski definition) is 2. The zero-order valence-electron chi connectivity index (χ0n) is 7.07. The lowest BCUT2D eigenvalue weighted by Gasteiger charge is -2.06. The van der Waals surface area contributed by atoms with Crippen molar-refractivity contribution in [1.29, 1.82) is 0 Å². The van der Waals surface area contributed by atoms with Crippen molar-refractivity contribution >= 4 is 33.2 Å². The van der Waals surface area contributed by atoms with Crippen molar-refractivity contribution in [3.8, 4) is 0 Å². The van der Waals surface area contributed by atoms with E-state index in [1.165, 1.54) is 0 Å². The first kappa shape index (κ1) is 9.01. The van der Waals surface area contributed by atoms with Gasteiger partial charge in [0.1, 0.15) is 5.69 Å². The van der Waals surface area contributed by atoms with Crippen LogP contribution in [0.5, 0.6) is 0 Å². The van der Waals surface area contributed by atoms with Gasteiger partial charge < -0.3 is 11.5 Å². The second-order valence-electron chi connectivity index (χ2n) is 2.78. The number of primary amides is 1. The molecule has 0 aliphatic rings. The Morgan fingerprint density at radius 3 is 2.93 bits per heavy atom. The maximum atomic E-state index is 11.1. The summed E-state index contributed by atoms with van der Waals surface area (Å²) in [6, 6.07) is 1.61. The molecule has 4 N–H and O–H groups in total. The highest BCUT2D eigenvalue weighted by Crippen LogP contribution is 2.23. The summed E-state index contributed by atoms with van der Waals surface area (Å²) < 4.78 is 2.28. The first-order valence-electron chi connectivity index (χ1n) is 3.82. The van der Waals surface area contributed by atoms with E-state index in [-0.39, 0.29) is 5.69 Å². The number of aromatic nitrogens is 2. The Hall–Kier alpha value is -1.56. The number of carbonyl (C=O) groups excluding carboxylic acids is 1. The molecule has 0 fully saturated rings. The topological polar surface area (TPSA) is 86.4 Å². The molecular formula is C8H7BrN4O. The maximum absolute atomic E-state index is 11.1. The highest BCUT2D eigenvalue weighted by atomic mass is 79.9. The standard InChI is InChI=1S/C8H7BrN4O/c9-4-3-5(10)6(7(11)14)13-2-1-12-8(4)13/h1-3H,10H2,(H2,11,14). The van der Waals surface area contributed by atoms with Gasteiger partial charge in [0, 0.05) is 12.4 Å². The van der Waals surface area contributed by atoms with Crippen molar-refractivity contribution in [1.82, 2.24) is 9.38 Å². The summed E-state index contributed by atoms with van der Waals surface area (Å²) in [7, 11) is 0. The highest BCUT2D eigenvalue weighted by Gasteiger charge is 2.13. The number of amides is 1. The van der Waals surface area contributed by atoms with Crippen LogP contribution in [0, 0.1) is 0 Å². The lowest BCUT2D eigenvalue weighted by molar-refractivity contribution is 0.0995. The summed E-state index contributed by atoms with van der Waals surface area (Å²) in [6.07, 6.45) is 3.21. The minimum absolute atomic E-state index is 0.251. The average molecular weight is 255 g/mol. The van der Waals surface area contributed by atoms with E-state index in [0.717, 1.165) is 4.47 Å². The summed E-state index contributed by atoms with van der Waals surface area (Å²) in [4.78, 5) is 15.2. The van der Waals surface area contributed by atoms with Crippen LogP contribution in [0.25, 0.3) is 5.65 Å². The van der Waals surface area contributed by atoms with Gasteiger partial charge in [0.25, 0.3) is 5.91 Å². The van der Waals surface area contributed by atoms with Gasteiger partial charge in [0.05, 0.1) is 10.2 Å². The predicted molar refractivity (Wildman–Crippen MR) is 55.8 cm³/mol. The van der Waals surface area contributed by atoms with Crippen LogP contribution in [0.3, 0.4) is 0 Å². The van der Waals surface area contributed by atoms with Crippen molar-refractivity contribution in [2.75, 3.05) is 5.73 Å². The first-order chi connectivity index (χ1) is 6.61. The number of fused-ring (bicyclic) bond motifs is 1. The Morgan fingerprint density at radius 1 is 1.57 bits per heavy atom. The van der Waals surface area contributed by atoms with Crippen LogP contribution >= 0.6 is 15.9 Å². The number of anilines is 1. The Balaban J connectivity index is 2.93. The van der Waals surface area contributed by atoms with E-state index in [9.17, 15) is 4.79 Å². The first-order valence-corrected chi connectivity index (χ1v) is 4.61. The number of carbonyl (C=O) groups is 1. The fraction of sp³-hybridized carbons (Fsp3) is 0. The van der Waals surface area contributed by atoms with Crippen molar-refractivity contribution in [3.05, 3.63) is 28.6 Å². The van der Waals surface area contributed by atoms with Crippen molar-refractivity contribution in [3.63, 3.8) is 0 Å². The minimum Gasteiger partial charge on any atom is -0.397 e. The van der Waals surface area contributed by atoms with Gasteiger partial charge in [0.15, 0.2) is 5.65 Å². The van der Waals surface area contributed by atoms with Crippen LogP contribution in [0.15, 0.2) is 22.9 Å². The van der Waals surface area contributed by atoms with E-state index >= 15 is 0 Å². The molecule has 6 heteroatoms. The molecule has 2 rings (SSSR count). The van der Waals surface area contributed by atoms with Crippen LogP contribution in [0.2, 0.25) is 0 Å². The molecule has 14 heavy (non-hydrogen) atoms. The fourth-order valence-corrected chi connectivity index (χ4v) is 1.87. The van der Waals surface area contributed by atoms with Crippen molar-refractivity contribution < 1.29 is 4.79 Å².